The molecule has 1 aliphatic carbocycles. The van der Waals surface area contributed by atoms with Crippen molar-refractivity contribution in [2.75, 3.05) is 18.1 Å². The first kappa shape index (κ1) is 15.9. The van der Waals surface area contributed by atoms with Crippen molar-refractivity contribution in [2.45, 2.75) is 45.6 Å². The van der Waals surface area contributed by atoms with Crippen LogP contribution in [0.5, 0.6) is 0 Å². The van der Waals surface area contributed by atoms with E-state index in [0.29, 0.717) is 24.2 Å². The van der Waals surface area contributed by atoms with Crippen molar-refractivity contribution in [1.29, 1.82) is 0 Å². The topological polar surface area (TPSA) is 74.6 Å². The monoisotopic (exact) mass is 278 g/mol. The Bertz CT molecular complexity index is 329. The highest BCUT2D eigenvalue weighted by Gasteiger charge is 2.26. The predicted molar refractivity (Wildman–Crippen MR) is 72.0 cm³/mol. The van der Waals surface area contributed by atoms with E-state index in [2.05, 4.69) is 13.8 Å². The summed E-state index contributed by atoms with van der Waals surface area (Å²) in [6, 6.07) is 0. The first-order chi connectivity index (χ1) is 8.32. The van der Waals surface area contributed by atoms with E-state index in [1.54, 1.807) is 0 Å². The second-order valence-corrected chi connectivity index (χ2v) is 8.25. The van der Waals surface area contributed by atoms with Gasteiger partial charge in [-0.2, -0.15) is 0 Å². The Kier molecular flexibility index (Phi) is 6.08. The summed E-state index contributed by atoms with van der Waals surface area (Å²) in [6.07, 6.45) is 3.02. The molecule has 0 aromatic rings. The molecule has 0 spiro atoms. The minimum atomic E-state index is -3.24. The molecule has 2 N–H and O–H groups in total. The number of sulfone groups is 1. The summed E-state index contributed by atoms with van der Waals surface area (Å²) in [5.41, 5.74) is 0. The van der Waals surface area contributed by atoms with E-state index in [4.69, 9.17) is 5.11 Å². The van der Waals surface area contributed by atoms with Crippen molar-refractivity contribution in [2.24, 2.45) is 17.8 Å². The highest BCUT2D eigenvalue weighted by atomic mass is 32.2. The van der Waals surface area contributed by atoms with E-state index in [-0.39, 0.29) is 11.5 Å². The standard InChI is InChI=1S/C13H26O4S/c1-10-5-11(2)7-12(6-10)3-4-18(16,17)9-13(15)8-14/h10-15H,3-9H2,1-2H3. The van der Waals surface area contributed by atoms with Crippen molar-refractivity contribution in [1.82, 2.24) is 0 Å². The second-order valence-electron chi connectivity index (χ2n) is 6.02. The third kappa shape index (κ3) is 5.67. The number of hydrogen-bond acceptors (Lipinski definition) is 4. The van der Waals surface area contributed by atoms with E-state index in [0.717, 1.165) is 12.8 Å². The minimum absolute atomic E-state index is 0.133. The molecule has 3 atom stereocenters. The van der Waals surface area contributed by atoms with Crippen LogP contribution in [0.1, 0.15) is 39.5 Å². The van der Waals surface area contributed by atoms with E-state index in [1.807, 2.05) is 0 Å². The van der Waals surface area contributed by atoms with Gasteiger partial charge < -0.3 is 10.2 Å². The largest absolute Gasteiger partial charge is 0.394 e. The highest BCUT2D eigenvalue weighted by molar-refractivity contribution is 7.91. The first-order valence-electron chi connectivity index (χ1n) is 6.81. The van der Waals surface area contributed by atoms with Gasteiger partial charge in [0, 0.05) is 0 Å². The molecule has 108 valence electrons. The van der Waals surface area contributed by atoms with Gasteiger partial charge in [0.15, 0.2) is 9.84 Å². The second kappa shape index (κ2) is 6.87. The maximum atomic E-state index is 11.7. The Labute approximate surface area is 110 Å². The molecule has 0 bridgehead atoms. The van der Waals surface area contributed by atoms with Crippen LogP contribution in [0.4, 0.5) is 0 Å². The molecule has 0 aliphatic heterocycles. The van der Waals surface area contributed by atoms with Gasteiger partial charge in [-0.1, -0.05) is 13.8 Å². The van der Waals surface area contributed by atoms with Gasteiger partial charge in [-0.25, -0.2) is 8.42 Å². The first-order valence-corrected chi connectivity index (χ1v) is 8.64. The van der Waals surface area contributed by atoms with Gasteiger partial charge >= 0.3 is 0 Å². The lowest BCUT2D eigenvalue weighted by atomic mass is 9.76. The Morgan fingerprint density at radius 3 is 2.22 bits per heavy atom. The molecule has 0 amide bonds. The summed E-state index contributed by atoms with van der Waals surface area (Å²) in [6.45, 7) is 3.97. The molecular weight excluding hydrogens is 252 g/mol. The molecule has 0 radical (unpaired) electrons. The van der Waals surface area contributed by atoms with Crippen LogP contribution in [0.25, 0.3) is 0 Å². The molecular formula is C13H26O4S. The van der Waals surface area contributed by atoms with E-state index >= 15 is 0 Å². The van der Waals surface area contributed by atoms with Gasteiger partial charge in [0.1, 0.15) is 0 Å². The molecule has 0 heterocycles. The number of rotatable bonds is 6. The third-order valence-corrected chi connectivity index (χ3v) is 5.52. The van der Waals surface area contributed by atoms with Crippen LogP contribution < -0.4 is 0 Å². The van der Waals surface area contributed by atoms with Crippen LogP contribution in [0, 0.1) is 17.8 Å². The van der Waals surface area contributed by atoms with Crippen molar-refractivity contribution in [3.63, 3.8) is 0 Å². The molecule has 5 heteroatoms. The van der Waals surface area contributed by atoms with Crippen molar-refractivity contribution in [3.05, 3.63) is 0 Å². The quantitative estimate of drug-likeness (QED) is 0.766. The Hall–Kier alpha value is -0.130. The minimum Gasteiger partial charge on any atom is -0.394 e. The summed E-state index contributed by atoms with van der Waals surface area (Å²) >= 11 is 0. The highest BCUT2D eigenvalue weighted by Crippen LogP contribution is 2.34. The zero-order chi connectivity index (χ0) is 13.8. The Morgan fingerprint density at radius 2 is 1.72 bits per heavy atom. The molecule has 3 unspecified atom stereocenters. The molecule has 4 nitrogen and oxygen atoms in total. The molecule has 18 heavy (non-hydrogen) atoms. The van der Waals surface area contributed by atoms with Crippen molar-refractivity contribution >= 4 is 9.84 Å². The third-order valence-electron chi connectivity index (χ3n) is 3.77. The maximum absolute atomic E-state index is 11.7. The van der Waals surface area contributed by atoms with Gasteiger partial charge in [-0.05, 0) is 43.4 Å². The average molecular weight is 278 g/mol. The van der Waals surface area contributed by atoms with Crippen LogP contribution in [0.2, 0.25) is 0 Å². The number of aliphatic hydroxyl groups is 2. The molecule has 1 fully saturated rings. The molecule has 0 aromatic heterocycles. The fourth-order valence-corrected chi connectivity index (χ4v) is 4.68. The molecule has 0 aromatic carbocycles. The average Bonchev–Trinajstić information content (AvgIpc) is 2.24. The number of aliphatic hydroxyl groups excluding tert-OH is 2. The van der Waals surface area contributed by atoms with Gasteiger partial charge in [-0.15, -0.1) is 0 Å². The fraction of sp³-hybridized carbons (Fsp3) is 1.00. The fourth-order valence-electron chi connectivity index (χ4n) is 3.12. The summed E-state index contributed by atoms with van der Waals surface area (Å²) in [5, 5.41) is 17.9. The van der Waals surface area contributed by atoms with Crippen LogP contribution >= 0.6 is 0 Å². The summed E-state index contributed by atoms with van der Waals surface area (Å²) in [7, 11) is -3.24. The zero-order valence-corrected chi connectivity index (χ0v) is 12.2. The Balaban J connectivity index is 2.39. The van der Waals surface area contributed by atoms with E-state index in [9.17, 15) is 13.5 Å². The van der Waals surface area contributed by atoms with Crippen molar-refractivity contribution in [3.8, 4) is 0 Å². The van der Waals surface area contributed by atoms with Gasteiger partial charge in [0.2, 0.25) is 0 Å². The zero-order valence-electron chi connectivity index (χ0n) is 11.4. The van der Waals surface area contributed by atoms with Crippen molar-refractivity contribution < 1.29 is 18.6 Å². The van der Waals surface area contributed by atoms with Crippen LogP contribution in [-0.4, -0.2) is 42.8 Å². The molecule has 1 saturated carbocycles. The summed E-state index contributed by atoms with van der Waals surface area (Å²) < 4.78 is 23.5. The lowest BCUT2D eigenvalue weighted by molar-refractivity contribution is 0.112. The lowest BCUT2D eigenvalue weighted by Gasteiger charge is -2.31. The van der Waals surface area contributed by atoms with Gasteiger partial charge in [-0.3, -0.25) is 0 Å². The normalized spacial score (nSPS) is 31.2. The van der Waals surface area contributed by atoms with Crippen LogP contribution in [0.3, 0.4) is 0 Å². The molecule has 1 aliphatic rings. The molecule has 0 saturated heterocycles. The smallest absolute Gasteiger partial charge is 0.152 e. The molecule has 1 rings (SSSR count). The lowest BCUT2D eigenvalue weighted by Crippen LogP contribution is -2.28. The van der Waals surface area contributed by atoms with Gasteiger partial charge in [0.25, 0.3) is 0 Å². The SMILES string of the molecule is CC1CC(C)CC(CCS(=O)(=O)CC(O)CO)C1. The van der Waals surface area contributed by atoms with E-state index in [1.165, 1.54) is 6.42 Å². The predicted octanol–water partition coefficient (Wildman–Crippen LogP) is 1.22. The van der Waals surface area contributed by atoms with Crippen LogP contribution in [0.15, 0.2) is 0 Å². The summed E-state index contributed by atoms with van der Waals surface area (Å²) in [4.78, 5) is 0. The maximum Gasteiger partial charge on any atom is 0.152 e. The van der Waals surface area contributed by atoms with E-state index < -0.39 is 22.5 Å². The number of hydrogen-bond donors (Lipinski definition) is 2. The van der Waals surface area contributed by atoms with Gasteiger partial charge in [0.05, 0.1) is 24.2 Å². The Morgan fingerprint density at radius 1 is 1.17 bits per heavy atom. The summed E-state index contributed by atoms with van der Waals surface area (Å²) in [5.74, 6) is 1.67. The van der Waals surface area contributed by atoms with Crippen LogP contribution in [-0.2, 0) is 9.84 Å².